The average Bonchev–Trinajstić information content (AvgIpc) is 3.24. The normalized spacial score (nSPS) is 12.2. The standard InChI is InChI=1S/C54H101NO5/c1-3-5-7-9-11-13-15-17-19-20-21-22-23-24-25-26-28-30-32-34-36-41-45-49-54(59)60-51(47-43-39-37-40-44-48-52(56)55-50-53(57)58)46-42-38-35-33-31-29-27-18-16-14-12-10-8-6-4-2/h16,18,29,31,51H,3-15,17,19-28,30,32-50H2,1-2H3,(H,55,56)(H,57,58)/b18-16-,31-29-. The van der Waals surface area contributed by atoms with Gasteiger partial charge in [-0.2, -0.15) is 0 Å². The minimum Gasteiger partial charge on any atom is -0.480 e. The van der Waals surface area contributed by atoms with E-state index in [-0.39, 0.29) is 24.5 Å². The van der Waals surface area contributed by atoms with Crippen LogP contribution in [-0.2, 0) is 19.1 Å². The van der Waals surface area contributed by atoms with Crippen molar-refractivity contribution in [3.8, 4) is 0 Å². The van der Waals surface area contributed by atoms with Gasteiger partial charge in [0.2, 0.25) is 5.91 Å². The lowest BCUT2D eigenvalue weighted by molar-refractivity contribution is -0.150. The molecule has 0 saturated heterocycles. The Bertz CT molecular complexity index is 977. The number of nitrogens with one attached hydrogen (secondary N) is 1. The van der Waals surface area contributed by atoms with Crippen LogP contribution < -0.4 is 5.32 Å². The largest absolute Gasteiger partial charge is 0.480 e. The van der Waals surface area contributed by atoms with Crippen LogP contribution in [-0.4, -0.2) is 35.6 Å². The maximum Gasteiger partial charge on any atom is 0.322 e. The fraction of sp³-hybridized carbons (Fsp3) is 0.870. The molecule has 1 unspecified atom stereocenters. The number of carbonyl (C=O) groups excluding carboxylic acids is 2. The summed E-state index contributed by atoms with van der Waals surface area (Å²) >= 11 is 0. The van der Waals surface area contributed by atoms with Gasteiger partial charge in [-0.3, -0.25) is 14.4 Å². The molecule has 0 aromatic rings. The molecule has 1 atom stereocenters. The lowest BCUT2D eigenvalue weighted by atomic mass is 10.0. The van der Waals surface area contributed by atoms with Crippen molar-refractivity contribution in [2.75, 3.05) is 6.54 Å². The first-order valence-electron chi connectivity index (χ1n) is 26.5. The van der Waals surface area contributed by atoms with Crippen LogP contribution in [0.5, 0.6) is 0 Å². The van der Waals surface area contributed by atoms with Crippen LogP contribution in [0.3, 0.4) is 0 Å². The van der Waals surface area contributed by atoms with Crippen molar-refractivity contribution < 1.29 is 24.2 Å². The second-order valence-corrected chi connectivity index (χ2v) is 18.1. The fourth-order valence-corrected chi connectivity index (χ4v) is 8.20. The number of rotatable bonds is 49. The van der Waals surface area contributed by atoms with Gasteiger partial charge in [0.05, 0.1) is 0 Å². The van der Waals surface area contributed by atoms with Crippen LogP contribution in [0.15, 0.2) is 24.3 Å². The second-order valence-electron chi connectivity index (χ2n) is 18.1. The first kappa shape index (κ1) is 57.9. The summed E-state index contributed by atoms with van der Waals surface area (Å²) < 4.78 is 6.06. The molecule has 0 heterocycles. The number of hydrogen-bond donors (Lipinski definition) is 2. The zero-order valence-electron chi connectivity index (χ0n) is 40.1. The third kappa shape index (κ3) is 48.6. The molecule has 352 valence electrons. The van der Waals surface area contributed by atoms with Gasteiger partial charge < -0.3 is 15.2 Å². The van der Waals surface area contributed by atoms with E-state index in [9.17, 15) is 14.4 Å². The Kier molecular flexibility index (Phi) is 47.8. The predicted octanol–water partition coefficient (Wildman–Crippen LogP) is 17.0. The zero-order valence-corrected chi connectivity index (χ0v) is 40.1. The first-order chi connectivity index (χ1) is 29.5. The molecule has 0 spiro atoms. The van der Waals surface area contributed by atoms with E-state index in [4.69, 9.17) is 9.84 Å². The second kappa shape index (κ2) is 49.5. The van der Waals surface area contributed by atoms with Crippen molar-refractivity contribution in [1.82, 2.24) is 5.32 Å². The quantitative estimate of drug-likeness (QED) is 0.0361. The molecule has 6 heteroatoms. The number of allylic oxidation sites excluding steroid dienone is 4. The van der Waals surface area contributed by atoms with Crippen molar-refractivity contribution >= 4 is 17.8 Å². The number of aliphatic carboxylic acids is 1. The highest BCUT2D eigenvalue weighted by Crippen LogP contribution is 2.19. The van der Waals surface area contributed by atoms with Crippen molar-refractivity contribution in [1.29, 1.82) is 0 Å². The number of carboxylic acids is 1. The fourth-order valence-electron chi connectivity index (χ4n) is 8.20. The van der Waals surface area contributed by atoms with E-state index in [1.54, 1.807) is 0 Å². The number of carboxylic acid groups (broad SMARTS) is 1. The summed E-state index contributed by atoms with van der Waals surface area (Å²) in [6.07, 6.45) is 61.9. The van der Waals surface area contributed by atoms with Crippen LogP contribution in [0.1, 0.15) is 290 Å². The van der Waals surface area contributed by atoms with E-state index in [0.717, 1.165) is 83.5 Å². The molecule has 1 amide bonds. The van der Waals surface area contributed by atoms with Gasteiger partial charge in [-0.25, -0.2) is 0 Å². The molecule has 0 saturated carbocycles. The van der Waals surface area contributed by atoms with Crippen molar-refractivity contribution in [3.05, 3.63) is 24.3 Å². The van der Waals surface area contributed by atoms with Gasteiger partial charge >= 0.3 is 11.9 Å². The van der Waals surface area contributed by atoms with Gasteiger partial charge in [0.15, 0.2) is 0 Å². The highest BCUT2D eigenvalue weighted by molar-refractivity contribution is 5.80. The van der Waals surface area contributed by atoms with Gasteiger partial charge in [-0.05, 0) is 70.6 Å². The Morgan fingerprint density at radius 1 is 0.433 bits per heavy atom. The maximum atomic E-state index is 12.9. The van der Waals surface area contributed by atoms with Gasteiger partial charge in [-0.15, -0.1) is 0 Å². The van der Waals surface area contributed by atoms with E-state index >= 15 is 0 Å². The van der Waals surface area contributed by atoms with E-state index in [2.05, 4.69) is 43.5 Å². The number of hydrogen-bond acceptors (Lipinski definition) is 4. The molecule has 0 aliphatic carbocycles. The van der Waals surface area contributed by atoms with Crippen LogP contribution in [0.4, 0.5) is 0 Å². The van der Waals surface area contributed by atoms with Gasteiger partial charge in [0.25, 0.3) is 0 Å². The van der Waals surface area contributed by atoms with Crippen molar-refractivity contribution in [2.24, 2.45) is 0 Å². The van der Waals surface area contributed by atoms with Crippen molar-refractivity contribution in [3.63, 3.8) is 0 Å². The van der Waals surface area contributed by atoms with E-state index in [1.165, 1.54) is 180 Å². The summed E-state index contributed by atoms with van der Waals surface area (Å²) in [5.41, 5.74) is 0. The Labute approximate surface area is 373 Å². The molecule has 60 heavy (non-hydrogen) atoms. The number of ether oxygens (including phenoxy) is 1. The molecule has 6 nitrogen and oxygen atoms in total. The minimum atomic E-state index is -1.02. The number of unbranched alkanes of at least 4 members (excludes halogenated alkanes) is 34. The highest BCUT2D eigenvalue weighted by atomic mass is 16.5. The predicted molar refractivity (Wildman–Crippen MR) is 259 cm³/mol. The first-order valence-corrected chi connectivity index (χ1v) is 26.5. The molecule has 0 rings (SSSR count). The zero-order chi connectivity index (χ0) is 43.7. The smallest absolute Gasteiger partial charge is 0.322 e. The Balaban J connectivity index is 4.05. The summed E-state index contributed by atoms with van der Waals surface area (Å²) in [5, 5.41) is 11.1. The van der Waals surface area contributed by atoms with Crippen LogP contribution in [0.2, 0.25) is 0 Å². The molecule has 0 bridgehead atoms. The van der Waals surface area contributed by atoms with E-state index in [1.807, 2.05) is 0 Å². The maximum absolute atomic E-state index is 12.9. The molecular weight excluding hydrogens is 743 g/mol. The van der Waals surface area contributed by atoms with Gasteiger partial charge in [0, 0.05) is 12.8 Å². The summed E-state index contributed by atoms with van der Waals surface area (Å²) in [4.78, 5) is 35.2. The third-order valence-electron chi connectivity index (χ3n) is 12.1. The lowest BCUT2D eigenvalue weighted by Crippen LogP contribution is -2.28. The molecule has 0 fully saturated rings. The average molecular weight is 844 g/mol. The minimum absolute atomic E-state index is 0.00601. The molecule has 0 aromatic carbocycles. The van der Waals surface area contributed by atoms with Gasteiger partial charge in [-0.1, -0.05) is 231 Å². The summed E-state index contributed by atoms with van der Waals surface area (Å²) in [6, 6.07) is 0. The highest BCUT2D eigenvalue weighted by Gasteiger charge is 2.14. The Hall–Kier alpha value is -2.11. The number of esters is 1. The Morgan fingerprint density at radius 3 is 1.17 bits per heavy atom. The number of amides is 1. The van der Waals surface area contributed by atoms with Crippen LogP contribution in [0, 0.1) is 0 Å². The summed E-state index contributed by atoms with van der Waals surface area (Å²) in [7, 11) is 0. The van der Waals surface area contributed by atoms with Crippen LogP contribution >= 0.6 is 0 Å². The van der Waals surface area contributed by atoms with Crippen LogP contribution in [0.25, 0.3) is 0 Å². The molecular formula is C54H101NO5. The molecule has 0 aliphatic heterocycles. The molecule has 0 aromatic heterocycles. The van der Waals surface area contributed by atoms with E-state index in [0.29, 0.717) is 12.8 Å². The van der Waals surface area contributed by atoms with E-state index < -0.39 is 5.97 Å². The molecule has 0 aliphatic rings. The topological polar surface area (TPSA) is 92.7 Å². The van der Waals surface area contributed by atoms with Crippen molar-refractivity contribution in [2.45, 2.75) is 296 Å². The molecule has 2 N–H and O–H groups in total. The monoisotopic (exact) mass is 844 g/mol. The Morgan fingerprint density at radius 2 is 0.767 bits per heavy atom. The third-order valence-corrected chi connectivity index (χ3v) is 12.1. The van der Waals surface area contributed by atoms with Gasteiger partial charge in [0.1, 0.15) is 12.6 Å². The number of carbonyl (C=O) groups is 3. The SMILES string of the molecule is CCCCCCC/C=C\C/C=C\CCCCCC(CCCCCCCC(=O)NCC(=O)O)OC(=O)CCCCCCCCCCCCCCCCCCCCCCCCC. The lowest BCUT2D eigenvalue weighted by Gasteiger charge is -2.18. The summed E-state index contributed by atoms with van der Waals surface area (Å²) in [5.74, 6) is -1.23. The summed E-state index contributed by atoms with van der Waals surface area (Å²) in [6.45, 7) is 4.25. The molecule has 0 radical (unpaired) electrons.